The highest BCUT2D eigenvalue weighted by atomic mass is 35.5. The third-order valence-electron chi connectivity index (χ3n) is 2.55. The van der Waals surface area contributed by atoms with Crippen LogP contribution in [0.4, 0.5) is 0 Å². The molecule has 0 aromatic carbocycles. The van der Waals surface area contributed by atoms with Crippen LogP contribution in [0.2, 0.25) is 5.02 Å². The van der Waals surface area contributed by atoms with Crippen LogP contribution in [-0.4, -0.2) is 39.5 Å². The number of aliphatic carboxylic acids is 1. The van der Waals surface area contributed by atoms with E-state index in [0.717, 1.165) is 5.69 Å². The predicted octanol–water partition coefficient (Wildman–Crippen LogP) is 1.68. The minimum atomic E-state index is -0.885. The Kier molecular flexibility index (Phi) is 3.54. The van der Waals surface area contributed by atoms with Gasteiger partial charge in [-0.25, -0.2) is 4.98 Å². The number of imidazole rings is 1. The van der Waals surface area contributed by atoms with Gasteiger partial charge in [0, 0.05) is 23.8 Å². The third kappa shape index (κ3) is 2.63. The number of nitrogens with zero attached hydrogens (tertiary/aromatic N) is 3. The summed E-state index contributed by atoms with van der Waals surface area (Å²) < 4.78 is 1.88. The lowest BCUT2D eigenvalue weighted by Crippen LogP contribution is -2.15. The van der Waals surface area contributed by atoms with Gasteiger partial charge in [-0.3, -0.25) is 4.79 Å². The fourth-order valence-corrected chi connectivity index (χ4v) is 2.03. The lowest BCUT2D eigenvalue weighted by Gasteiger charge is -2.10. The van der Waals surface area contributed by atoms with E-state index in [1.807, 2.05) is 29.6 Å². The van der Waals surface area contributed by atoms with Gasteiger partial charge in [-0.1, -0.05) is 11.6 Å². The number of fused-ring (bicyclic) bond motifs is 1. The Balaban J connectivity index is 2.56. The van der Waals surface area contributed by atoms with Gasteiger partial charge in [0.15, 0.2) is 0 Å². The molecule has 0 fully saturated rings. The maximum Gasteiger partial charge on any atom is 0.309 e. The van der Waals surface area contributed by atoms with Crippen molar-refractivity contribution in [1.29, 1.82) is 0 Å². The van der Waals surface area contributed by atoms with Gasteiger partial charge < -0.3 is 14.4 Å². The predicted molar refractivity (Wildman–Crippen MR) is 68.9 cm³/mol. The molecule has 5 nitrogen and oxygen atoms in total. The Morgan fingerprint density at radius 1 is 1.56 bits per heavy atom. The first-order valence-corrected chi connectivity index (χ1v) is 5.87. The standard InChI is InChI=1S/C12H14ClN3O2/c1-15(2)7-10-9(6-12(17)18)14-11-5-8(13)3-4-16(10)11/h3-5H,6-7H2,1-2H3,(H,17,18). The summed E-state index contributed by atoms with van der Waals surface area (Å²) in [5.74, 6) is -0.885. The van der Waals surface area contributed by atoms with Crippen molar-refractivity contribution in [2.45, 2.75) is 13.0 Å². The lowest BCUT2D eigenvalue weighted by molar-refractivity contribution is -0.136. The van der Waals surface area contributed by atoms with Crippen molar-refractivity contribution < 1.29 is 9.90 Å². The van der Waals surface area contributed by atoms with Gasteiger partial charge in [0.25, 0.3) is 0 Å². The van der Waals surface area contributed by atoms with Crippen molar-refractivity contribution >= 4 is 23.2 Å². The van der Waals surface area contributed by atoms with Gasteiger partial charge >= 0.3 is 5.97 Å². The molecule has 18 heavy (non-hydrogen) atoms. The van der Waals surface area contributed by atoms with Crippen molar-refractivity contribution in [1.82, 2.24) is 14.3 Å². The average Bonchev–Trinajstić information content (AvgIpc) is 2.54. The molecule has 0 aliphatic heterocycles. The minimum Gasteiger partial charge on any atom is -0.481 e. The maximum absolute atomic E-state index is 10.9. The number of rotatable bonds is 4. The van der Waals surface area contributed by atoms with Crippen LogP contribution in [0.15, 0.2) is 18.3 Å². The summed E-state index contributed by atoms with van der Waals surface area (Å²) in [6.07, 6.45) is 1.73. The van der Waals surface area contributed by atoms with Crippen LogP contribution < -0.4 is 0 Å². The fourth-order valence-electron chi connectivity index (χ4n) is 1.87. The molecule has 6 heteroatoms. The number of carboxylic acid groups (broad SMARTS) is 1. The number of hydrogen-bond donors (Lipinski definition) is 1. The summed E-state index contributed by atoms with van der Waals surface area (Å²) in [6.45, 7) is 0.630. The molecule has 0 atom stereocenters. The van der Waals surface area contributed by atoms with Crippen molar-refractivity contribution in [3.8, 4) is 0 Å². The summed E-state index contributed by atoms with van der Waals surface area (Å²) >= 11 is 5.91. The fraction of sp³-hybridized carbons (Fsp3) is 0.333. The van der Waals surface area contributed by atoms with Crippen molar-refractivity contribution in [2.75, 3.05) is 14.1 Å². The molecule has 0 saturated heterocycles. The van der Waals surface area contributed by atoms with E-state index >= 15 is 0 Å². The molecular formula is C12H14ClN3O2. The Morgan fingerprint density at radius 2 is 2.28 bits per heavy atom. The Hall–Kier alpha value is -1.59. The van der Waals surface area contributed by atoms with E-state index in [9.17, 15) is 4.79 Å². The molecule has 0 saturated carbocycles. The van der Waals surface area contributed by atoms with Crippen molar-refractivity contribution in [3.05, 3.63) is 34.7 Å². The number of halogens is 1. The second kappa shape index (κ2) is 4.96. The molecule has 0 aliphatic rings. The smallest absolute Gasteiger partial charge is 0.309 e. The largest absolute Gasteiger partial charge is 0.481 e. The zero-order valence-corrected chi connectivity index (χ0v) is 11.0. The van der Waals surface area contributed by atoms with Crippen LogP contribution >= 0.6 is 11.6 Å². The Labute approximate surface area is 110 Å². The number of hydrogen-bond acceptors (Lipinski definition) is 3. The molecule has 2 aromatic rings. The summed E-state index contributed by atoms with van der Waals surface area (Å²) in [7, 11) is 3.86. The number of aromatic nitrogens is 2. The highest BCUT2D eigenvalue weighted by Gasteiger charge is 2.15. The molecule has 2 aromatic heterocycles. The quantitative estimate of drug-likeness (QED) is 0.916. The second-order valence-corrected chi connectivity index (χ2v) is 4.82. The molecule has 96 valence electrons. The van der Waals surface area contributed by atoms with Gasteiger partial charge in [-0.05, 0) is 20.2 Å². The van der Waals surface area contributed by atoms with Crippen molar-refractivity contribution in [2.24, 2.45) is 0 Å². The molecular weight excluding hydrogens is 254 g/mol. The lowest BCUT2D eigenvalue weighted by atomic mass is 10.2. The monoisotopic (exact) mass is 267 g/mol. The summed E-state index contributed by atoms with van der Waals surface area (Å²) in [5.41, 5.74) is 2.14. The first kappa shape index (κ1) is 12.9. The summed E-state index contributed by atoms with van der Waals surface area (Å²) in [6, 6.07) is 3.49. The summed E-state index contributed by atoms with van der Waals surface area (Å²) in [4.78, 5) is 17.2. The van der Waals surface area contributed by atoms with Gasteiger partial charge in [-0.2, -0.15) is 0 Å². The number of pyridine rings is 1. The zero-order chi connectivity index (χ0) is 13.3. The van der Waals surface area contributed by atoms with Crippen LogP contribution in [0.25, 0.3) is 5.65 Å². The SMILES string of the molecule is CN(C)Cc1c(CC(=O)O)nc2cc(Cl)ccn12. The molecule has 0 bridgehead atoms. The second-order valence-electron chi connectivity index (χ2n) is 4.39. The van der Waals surface area contributed by atoms with E-state index < -0.39 is 5.97 Å². The van der Waals surface area contributed by atoms with Crippen LogP contribution in [0, 0.1) is 0 Å². The average molecular weight is 268 g/mol. The zero-order valence-electron chi connectivity index (χ0n) is 10.2. The molecule has 0 unspecified atom stereocenters. The molecule has 1 N–H and O–H groups in total. The van der Waals surface area contributed by atoms with Crippen LogP contribution in [-0.2, 0) is 17.8 Å². The van der Waals surface area contributed by atoms with Gasteiger partial charge in [-0.15, -0.1) is 0 Å². The van der Waals surface area contributed by atoms with Gasteiger partial charge in [0.1, 0.15) is 5.65 Å². The molecule has 0 amide bonds. The molecule has 0 radical (unpaired) electrons. The third-order valence-corrected chi connectivity index (χ3v) is 2.79. The van der Waals surface area contributed by atoms with Gasteiger partial charge in [0.2, 0.25) is 0 Å². The first-order chi connectivity index (χ1) is 8.47. The molecule has 0 aliphatic carbocycles. The number of carbonyl (C=O) groups is 1. The van der Waals surface area contributed by atoms with E-state index in [4.69, 9.17) is 16.7 Å². The van der Waals surface area contributed by atoms with Crippen LogP contribution in [0.1, 0.15) is 11.4 Å². The Morgan fingerprint density at radius 3 is 2.89 bits per heavy atom. The highest BCUT2D eigenvalue weighted by molar-refractivity contribution is 6.30. The number of carboxylic acids is 1. The van der Waals surface area contributed by atoms with E-state index in [1.165, 1.54) is 0 Å². The minimum absolute atomic E-state index is 0.0809. The van der Waals surface area contributed by atoms with E-state index in [-0.39, 0.29) is 6.42 Å². The van der Waals surface area contributed by atoms with E-state index in [2.05, 4.69) is 4.98 Å². The van der Waals surface area contributed by atoms with Gasteiger partial charge in [0.05, 0.1) is 17.8 Å². The molecule has 2 heterocycles. The first-order valence-electron chi connectivity index (χ1n) is 5.49. The maximum atomic E-state index is 10.9. The van der Waals surface area contributed by atoms with Crippen LogP contribution in [0.3, 0.4) is 0 Å². The topological polar surface area (TPSA) is 57.8 Å². The van der Waals surface area contributed by atoms with Crippen molar-refractivity contribution in [3.63, 3.8) is 0 Å². The summed E-state index contributed by atoms with van der Waals surface area (Å²) in [5, 5.41) is 9.50. The highest BCUT2D eigenvalue weighted by Crippen LogP contribution is 2.18. The van der Waals surface area contributed by atoms with E-state index in [0.29, 0.717) is 22.9 Å². The van der Waals surface area contributed by atoms with E-state index in [1.54, 1.807) is 12.1 Å². The Bertz CT molecular complexity index is 592. The normalized spacial score (nSPS) is 11.3. The van der Waals surface area contributed by atoms with Crippen LogP contribution in [0.5, 0.6) is 0 Å². The molecule has 0 spiro atoms. The molecule has 2 rings (SSSR count).